The van der Waals surface area contributed by atoms with E-state index in [-0.39, 0.29) is 24.7 Å². The van der Waals surface area contributed by atoms with E-state index in [1.165, 1.54) is 0 Å². The minimum Gasteiger partial charge on any atom is -0.483 e. The predicted molar refractivity (Wildman–Crippen MR) is 121 cm³/mol. The number of hydrogen-bond acceptors (Lipinski definition) is 5. The molecular formula is C25H29N3O3. The number of fused-ring (bicyclic) bond motifs is 1. The zero-order chi connectivity index (χ0) is 21.8. The van der Waals surface area contributed by atoms with E-state index in [1.807, 2.05) is 43.4 Å². The van der Waals surface area contributed by atoms with Crippen molar-refractivity contribution in [3.8, 4) is 5.75 Å². The van der Waals surface area contributed by atoms with E-state index in [9.17, 15) is 9.90 Å². The van der Waals surface area contributed by atoms with Crippen LogP contribution in [0.25, 0.3) is 10.9 Å². The Bertz CT molecular complexity index is 1050. The van der Waals surface area contributed by atoms with E-state index >= 15 is 0 Å². The maximum atomic E-state index is 13.1. The first-order valence-corrected chi connectivity index (χ1v) is 10.7. The number of likely N-dealkylation sites (N-methyl/N-ethyl adjacent to an activating group) is 1. The number of likely N-dealkylation sites (tertiary alicyclic amines) is 1. The highest BCUT2D eigenvalue weighted by atomic mass is 16.5. The van der Waals surface area contributed by atoms with Gasteiger partial charge < -0.3 is 14.7 Å². The van der Waals surface area contributed by atoms with Crippen molar-refractivity contribution in [1.82, 2.24) is 14.8 Å². The number of aryl methyl sites for hydroxylation is 1. The van der Waals surface area contributed by atoms with Gasteiger partial charge in [0, 0.05) is 38.3 Å². The number of aliphatic hydroxyl groups is 1. The van der Waals surface area contributed by atoms with Gasteiger partial charge in [-0.2, -0.15) is 0 Å². The lowest BCUT2D eigenvalue weighted by Gasteiger charge is -2.32. The second-order valence-corrected chi connectivity index (χ2v) is 8.25. The Morgan fingerprint density at radius 2 is 2.10 bits per heavy atom. The second kappa shape index (κ2) is 9.45. The molecule has 0 saturated carbocycles. The zero-order valence-electron chi connectivity index (χ0n) is 18.1. The van der Waals surface area contributed by atoms with Crippen LogP contribution in [0.1, 0.15) is 23.6 Å². The Balaban J connectivity index is 1.50. The number of carbonyl (C=O) groups excluding carboxylic acids is 1. The predicted octanol–water partition coefficient (Wildman–Crippen LogP) is 3.19. The highest BCUT2D eigenvalue weighted by molar-refractivity contribution is 5.85. The third-order valence-electron chi connectivity index (χ3n) is 5.92. The third-order valence-corrected chi connectivity index (χ3v) is 5.92. The van der Waals surface area contributed by atoms with Crippen molar-refractivity contribution in [1.29, 1.82) is 0 Å². The van der Waals surface area contributed by atoms with E-state index in [0.29, 0.717) is 18.8 Å². The Hall–Kier alpha value is -2.96. The van der Waals surface area contributed by atoms with Crippen molar-refractivity contribution in [2.45, 2.75) is 25.5 Å². The molecule has 31 heavy (non-hydrogen) atoms. The van der Waals surface area contributed by atoms with Crippen LogP contribution in [0.5, 0.6) is 5.75 Å². The van der Waals surface area contributed by atoms with Gasteiger partial charge in [-0.05, 0) is 43.2 Å². The van der Waals surface area contributed by atoms with Crippen molar-refractivity contribution in [2.24, 2.45) is 0 Å². The summed E-state index contributed by atoms with van der Waals surface area (Å²) < 4.78 is 5.91. The molecule has 1 amide bonds. The number of aromatic nitrogens is 1. The summed E-state index contributed by atoms with van der Waals surface area (Å²) in [6.45, 7) is 4.17. The number of nitrogens with zero attached hydrogens (tertiary/aromatic N) is 3. The van der Waals surface area contributed by atoms with Gasteiger partial charge in [0.25, 0.3) is 5.91 Å². The first-order chi connectivity index (χ1) is 15.0. The van der Waals surface area contributed by atoms with E-state index in [2.05, 4.69) is 35.0 Å². The molecule has 2 aromatic carbocycles. The third kappa shape index (κ3) is 5.03. The molecule has 162 valence electrons. The Morgan fingerprint density at radius 1 is 1.26 bits per heavy atom. The molecule has 4 rings (SSSR count). The number of carbonyl (C=O) groups is 1. The van der Waals surface area contributed by atoms with Gasteiger partial charge in [-0.15, -0.1) is 0 Å². The molecule has 1 N–H and O–H groups in total. The summed E-state index contributed by atoms with van der Waals surface area (Å²) in [5, 5.41) is 10.8. The molecule has 0 spiro atoms. The van der Waals surface area contributed by atoms with E-state index in [1.54, 1.807) is 11.1 Å². The van der Waals surface area contributed by atoms with E-state index in [4.69, 9.17) is 4.74 Å². The van der Waals surface area contributed by atoms with Gasteiger partial charge in [0.2, 0.25) is 0 Å². The van der Waals surface area contributed by atoms with Crippen LogP contribution in [0.15, 0.2) is 60.8 Å². The fraction of sp³-hybridized carbons (Fsp3) is 0.360. The normalized spacial score (nSPS) is 17.6. The molecule has 6 heteroatoms. The van der Waals surface area contributed by atoms with Gasteiger partial charge >= 0.3 is 0 Å². The lowest BCUT2D eigenvalue weighted by Crippen LogP contribution is -2.41. The van der Waals surface area contributed by atoms with Crippen LogP contribution in [0, 0.1) is 6.92 Å². The smallest absolute Gasteiger partial charge is 0.260 e. The quantitative estimate of drug-likeness (QED) is 0.637. The monoisotopic (exact) mass is 419 g/mol. The topological polar surface area (TPSA) is 65.9 Å². The summed E-state index contributed by atoms with van der Waals surface area (Å²) in [5.74, 6) is 0.564. The summed E-state index contributed by atoms with van der Waals surface area (Å²) in [7, 11) is 1.83. The summed E-state index contributed by atoms with van der Waals surface area (Å²) in [5.41, 5.74) is 3.09. The number of rotatable bonds is 7. The molecule has 3 aromatic rings. The van der Waals surface area contributed by atoms with Gasteiger partial charge in [-0.25, -0.2) is 0 Å². The number of ether oxygens (including phenoxy) is 1. The summed E-state index contributed by atoms with van der Waals surface area (Å²) in [4.78, 5) is 21.4. The highest BCUT2D eigenvalue weighted by Crippen LogP contribution is 2.26. The van der Waals surface area contributed by atoms with Crippen LogP contribution in [0.2, 0.25) is 0 Å². The van der Waals surface area contributed by atoms with Crippen molar-refractivity contribution in [3.63, 3.8) is 0 Å². The van der Waals surface area contributed by atoms with Crippen molar-refractivity contribution >= 4 is 16.8 Å². The Labute approximate surface area is 183 Å². The van der Waals surface area contributed by atoms with Gasteiger partial charge in [0.15, 0.2) is 6.61 Å². The first-order valence-electron chi connectivity index (χ1n) is 10.7. The molecule has 1 aliphatic heterocycles. The lowest BCUT2D eigenvalue weighted by atomic mass is 10.0. The van der Waals surface area contributed by atoms with Crippen LogP contribution in [0.3, 0.4) is 0 Å². The first kappa shape index (κ1) is 21.3. The molecule has 2 atom stereocenters. The SMILES string of the molecule is Cc1cccc(C(CN2CC[C@H](O)C2)N(C)C(=O)COc2cccc3ncccc23)c1. The van der Waals surface area contributed by atoms with Crippen LogP contribution in [-0.4, -0.2) is 65.2 Å². The van der Waals surface area contributed by atoms with E-state index < -0.39 is 0 Å². The number of benzene rings is 2. The summed E-state index contributed by atoms with van der Waals surface area (Å²) in [6.07, 6.45) is 2.23. The van der Waals surface area contributed by atoms with Gasteiger partial charge in [0.1, 0.15) is 5.75 Å². The fourth-order valence-corrected chi connectivity index (χ4v) is 4.17. The van der Waals surface area contributed by atoms with Gasteiger partial charge in [-0.1, -0.05) is 35.9 Å². The molecule has 1 aliphatic rings. The molecule has 1 aromatic heterocycles. The van der Waals surface area contributed by atoms with Crippen molar-refractivity contribution < 1.29 is 14.6 Å². The maximum absolute atomic E-state index is 13.1. The molecule has 1 saturated heterocycles. The van der Waals surface area contributed by atoms with Crippen LogP contribution < -0.4 is 4.74 Å². The molecule has 2 heterocycles. The van der Waals surface area contributed by atoms with Crippen molar-refractivity contribution in [2.75, 3.05) is 33.3 Å². The summed E-state index contributed by atoms with van der Waals surface area (Å²) >= 11 is 0. The zero-order valence-corrected chi connectivity index (χ0v) is 18.1. The minimum atomic E-state index is -0.289. The lowest BCUT2D eigenvalue weighted by molar-refractivity contribution is -0.134. The molecular weight excluding hydrogens is 390 g/mol. The fourth-order valence-electron chi connectivity index (χ4n) is 4.17. The van der Waals surface area contributed by atoms with Crippen LogP contribution in [-0.2, 0) is 4.79 Å². The van der Waals surface area contributed by atoms with Gasteiger partial charge in [-0.3, -0.25) is 14.7 Å². The average Bonchev–Trinajstić information content (AvgIpc) is 3.20. The largest absolute Gasteiger partial charge is 0.483 e. The Morgan fingerprint density at radius 3 is 2.87 bits per heavy atom. The maximum Gasteiger partial charge on any atom is 0.260 e. The second-order valence-electron chi connectivity index (χ2n) is 8.25. The van der Waals surface area contributed by atoms with Crippen LogP contribution >= 0.6 is 0 Å². The van der Waals surface area contributed by atoms with Gasteiger partial charge in [0.05, 0.1) is 17.7 Å². The molecule has 0 aliphatic carbocycles. The molecule has 0 bridgehead atoms. The number of pyridine rings is 1. The number of aliphatic hydroxyl groups excluding tert-OH is 1. The Kier molecular flexibility index (Phi) is 6.49. The standard InChI is InChI=1S/C25H29N3O3/c1-18-6-3-7-19(14-18)23(16-28-13-11-20(29)15-28)27(2)25(30)17-31-24-10-4-9-22-21(24)8-5-12-26-22/h3-10,12,14,20,23,29H,11,13,15-17H2,1-2H3/t20-,23?/m0/s1. The summed E-state index contributed by atoms with van der Waals surface area (Å²) in [6, 6.07) is 17.6. The number of amides is 1. The molecule has 1 fully saturated rings. The van der Waals surface area contributed by atoms with Crippen LogP contribution in [0.4, 0.5) is 0 Å². The van der Waals surface area contributed by atoms with E-state index in [0.717, 1.165) is 35.0 Å². The van der Waals surface area contributed by atoms with Crippen molar-refractivity contribution in [3.05, 3.63) is 71.9 Å². The molecule has 1 unspecified atom stereocenters. The molecule has 0 radical (unpaired) electrons. The molecule has 6 nitrogen and oxygen atoms in total. The number of β-amino-alcohol motifs (C(OH)–C–C–N with tert-alkyl or cyclic N) is 1. The number of hydrogen-bond donors (Lipinski definition) is 1. The minimum absolute atomic E-state index is 0.0462. The highest BCUT2D eigenvalue weighted by Gasteiger charge is 2.28. The average molecular weight is 420 g/mol.